The van der Waals surface area contributed by atoms with E-state index in [9.17, 15) is 19.5 Å². The minimum atomic E-state index is -1.06. The number of piperazine rings is 1. The molecule has 1 aromatic carbocycles. The fraction of sp³-hybridized carbons (Fsp3) is 0.640. The van der Waals surface area contributed by atoms with E-state index in [-0.39, 0.29) is 11.3 Å². The summed E-state index contributed by atoms with van der Waals surface area (Å²) in [5.74, 6) is -1.47. The number of carboxylic acid groups (broad SMARTS) is 1. The van der Waals surface area contributed by atoms with Crippen LogP contribution in [-0.4, -0.2) is 83.9 Å². The van der Waals surface area contributed by atoms with Gasteiger partial charge in [-0.3, -0.25) is 9.59 Å². The summed E-state index contributed by atoms with van der Waals surface area (Å²) < 4.78 is 5.24. The molecule has 1 saturated carbocycles. The Hall–Kier alpha value is -2.61. The van der Waals surface area contributed by atoms with Crippen LogP contribution in [0.4, 0.5) is 10.5 Å². The molecule has 1 spiro atoms. The lowest BCUT2D eigenvalue weighted by molar-refractivity contribution is -0.868. The van der Waals surface area contributed by atoms with E-state index in [2.05, 4.69) is 4.90 Å². The Labute approximate surface area is 195 Å². The second-order valence-electron chi connectivity index (χ2n) is 11.1. The zero-order valence-corrected chi connectivity index (χ0v) is 20.1. The molecule has 3 fully saturated rings. The van der Waals surface area contributed by atoms with Gasteiger partial charge in [-0.2, -0.15) is 4.79 Å². The summed E-state index contributed by atoms with van der Waals surface area (Å²) in [7, 11) is 1.60. The summed E-state index contributed by atoms with van der Waals surface area (Å²) in [4.78, 5) is 43.6. The Morgan fingerprint density at radius 2 is 1.67 bits per heavy atom. The Morgan fingerprint density at radius 3 is 2.18 bits per heavy atom. The molecule has 0 bridgehead atoms. The number of nitrogens with zero attached hydrogens (tertiary/aromatic N) is 3. The molecule has 1 aliphatic carbocycles. The van der Waals surface area contributed by atoms with Gasteiger partial charge in [0.15, 0.2) is 6.04 Å². The molecule has 180 valence electrons. The van der Waals surface area contributed by atoms with Gasteiger partial charge in [-0.05, 0) is 52.2 Å². The highest BCUT2D eigenvalue weighted by Gasteiger charge is 2.66. The monoisotopic (exact) mass is 458 g/mol. The van der Waals surface area contributed by atoms with Crippen LogP contribution in [0.3, 0.4) is 0 Å². The first kappa shape index (κ1) is 23.5. The molecule has 0 aromatic heterocycles. The van der Waals surface area contributed by atoms with Crippen LogP contribution in [0.2, 0.25) is 0 Å². The van der Waals surface area contributed by atoms with Crippen molar-refractivity contribution in [3.8, 4) is 0 Å². The number of likely N-dealkylation sites (tertiary alicyclic amines) is 1. The Morgan fingerprint density at radius 1 is 1.06 bits per heavy atom. The summed E-state index contributed by atoms with van der Waals surface area (Å²) in [5.41, 5.74) is 0.223. The highest BCUT2D eigenvalue weighted by atomic mass is 16.6. The number of benzene rings is 1. The molecule has 2 amide bonds. The number of hydrogen-bond donors (Lipinski definition) is 1. The van der Waals surface area contributed by atoms with E-state index in [1.54, 1.807) is 32.7 Å². The quantitative estimate of drug-likeness (QED) is 0.554. The van der Waals surface area contributed by atoms with Crippen LogP contribution in [0.25, 0.3) is 0 Å². The second kappa shape index (κ2) is 8.31. The smallest absolute Gasteiger partial charge is 0.460 e. The van der Waals surface area contributed by atoms with Crippen molar-refractivity contribution in [2.45, 2.75) is 51.7 Å². The van der Waals surface area contributed by atoms with Gasteiger partial charge in [-0.15, -0.1) is 0 Å². The first-order valence-electron chi connectivity index (χ1n) is 11.8. The first-order chi connectivity index (χ1) is 15.4. The van der Waals surface area contributed by atoms with Gasteiger partial charge in [0.2, 0.25) is 0 Å². The molecule has 2 aliphatic heterocycles. The lowest BCUT2D eigenvalue weighted by atomic mass is 9.78. The summed E-state index contributed by atoms with van der Waals surface area (Å²) in [6.45, 7) is 8.09. The number of hydrogen-bond acceptors (Lipinski definition) is 5. The Balaban J connectivity index is 1.58. The molecule has 1 aromatic rings. The predicted octanol–water partition coefficient (Wildman–Crippen LogP) is 2.97. The molecule has 4 rings (SSSR count). The second-order valence-corrected chi connectivity index (χ2v) is 11.1. The van der Waals surface area contributed by atoms with E-state index in [1.807, 2.05) is 30.3 Å². The lowest BCUT2D eigenvalue weighted by Crippen LogP contribution is -2.71. The molecule has 8 nitrogen and oxygen atoms in total. The number of carbonyl (C=O) groups excluding carboxylic acids is 2. The van der Waals surface area contributed by atoms with Crippen molar-refractivity contribution in [1.29, 1.82) is 0 Å². The van der Waals surface area contributed by atoms with Gasteiger partial charge >= 0.3 is 12.1 Å². The molecule has 2 saturated heterocycles. The van der Waals surface area contributed by atoms with Crippen LogP contribution < -0.4 is 4.90 Å². The number of rotatable bonds is 3. The van der Waals surface area contributed by atoms with Crippen LogP contribution in [0.1, 0.15) is 40.0 Å². The number of esters is 1. The van der Waals surface area contributed by atoms with Crippen molar-refractivity contribution in [1.82, 2.24) is 4.90 Å². The summed E-state index contributed by atoms with van der Waals surface area (Å²) in [6, 6.07) is 9.07. The van der Waals surface area contributed by atoms with E-state index in [0.29, 0.717) is 39.1 Å². The predicted molar refractivity (Wildman–Crippen MR) is 124 cm³/mol. The van der Waals surface area contributed by atoms with E-state index in [0.717, 1.165) is 18.5 Å². The number of amides is 2. The maximum atomic E-state index is 13.8. The number of piperidine rings is 1. The molecule has 2 heterocycles. The number of likely N-dealkylation sites (N-methyl/N-ethyl adjacent to an activating group) is 1. The van der Waals surface area contributed by atoms with Gasteiger partial charge in [-0.1, -0.05) is 18.2 Å². The number of anilines is 1. The molecular weight excluding hydrogens is 422 g/mol. The summed E-state index contributed by atoms with van der Waals surface area (Å²) in [6.07, 6.45) is 1.24. The van der Waals surface area contributed by atoms with E-state index < -0.39 is 34.1 Å². The summed E-state index contributed by atoms with van der Waals surface area (Å²) in [5, 5.41) is 10.2. The zero-order valence-electron chi connectivity index (χ0n) is 20.1. The third-order valence-corrected chi connectivity index (χ3v) is 7.38. The van der Waals surface area contributed by atoms with Crippen molar-refractivity contribution in [3.05, 3.63) is 30.3 Å². The normalized spacial score (nSPS) is 29.0. The molecule has 3 atom stereocenters. The highest BCUT2D eigenvalue weighted by Crippen LogP contribution is 2.57. The van der Waals surface area contributed by atoms with Crippen molar-refractivity contribution in [2.24, 2.45) is 11.3 Å². The van der Waals surface area contributed by atoms with Gasteiger partial charge in [0.25, 0.3) is 5.91 Å². The van der Waals surface area contributed by atoms with Crippen LogP contribution >= 0.6 is 0 Å². The van der Waals surface area contributed by atoms with Gasteiger partial charge in [-0.25, -0.2) is 4.48 Å². The third kappa shape index (κ3) is 4.71. The van der Waals surface area contributed by atoms with E-state index >= 15 is 0 Å². The Bertz CT molecular complexity index is 916. The largest absolute Gasteiger partial charge is 0.514 e. The van der Waals surface area contributed by atoms with Crippen LogP contribution in [0, 0.1) is 11.3 Å². The maximum Gasteiger partial charge on any atom is 0.514 e. The SMILES string of the molecule is CC(C)(C)OC(=O)[C@H]1CC2(CC2)C[N+](C)(C(=O)O)[C@@H]1C(=O)N1CCN(c2ccccc2)CC1. The average molecular weight is 459 g/mol. The molecule has 0 radical (unpaired) electrons. The number of quaternary nitrogens is 1. The van der Waals surface area contributed by atoms with Gasteiger partial charge in [0, 0.05) is 37.3 Å². The fourth-order valence-corrected chi connectivity index (χ4v) is 5.58. The number of carbonyl (C=O) groups is 3. The minimum absolute atomic E-state index is 0.183. The van der Waals surface area contributed by atoms with Gasteiger partial charge in [0.05, 0.1) is 13.6 Å². The van der Waals surface area contributed by atoms with Crippen LogP contribution in [0.15, 0.2) is 30.3 Å². The van der Waals surface area contributed by atoms with Crippen molar-refractivity contribution >= 4 is 23.7 Å². The summed E-state index contributed by atoms with van der Waals surface area (Å²) >= 11 is 0. The van der Waals surface area contributed by atoms with E-state index in [4.69, 9.17) is 4.74 Å². The topological polar surface area (TPSA) is 87.2 Å². The van der Waals surface area contributed by atoms with Gasteiger partial charge in [0.1, 0.15) is 11.5 Å². The molecule has 1 unspecified atom stereocenters. The number of para-hydroxylation sites is 1. The maximum absolute atomic E-state index is 13.8. The molecule has 8 heteroatoms. The molecule has 3 aliphatic rings. The average Bonchev–Trinajstić information content (AvgIpc) is 3.50. The standard InChI is InChI=1S/C25H35N3O5/c1-24(2,3)33-22(30)19-16-25(10-11-25)17-28(4,23(31)32)20(19)21(29)27-14-12-26(13-15-27)18-8-6-5-7-9-18/h5-9,19-20H,10-17H2,1-4H3/p+1/t19-,20-,28?/m0/s1. The van der Waals surface area contributed by atoms with Gasteiger partial charge < -0.3 is 19.6 Å². The van der Waals surface area contributed by atoms with Crippen LogP contribution in [-0.2, 0) is 14.3 Å². The van der Waals surface area contributed by atoms with Crippen molar-refractivity contribution in [3.63, 3.8) is 0 Å². The fourth-order valence-electron chi connectivity index (χ4n) is 5.58. The molecule has 33 heavy (non-hydrogen) atoms. The lowest BCUT2D eigenvalue weighted by Gasteiger charge is -2.48. The minimum Gasteiger partial charge on any atom is -0.460 e. The Kier molecular flexibility index (Phi) is 5.93. The van der Waals surface area contributed by atoms with Crippen molar-refractivity contribution < 1.29 is 28.7 Å². The molecular formula is C25H36N3O5+. The highest BCUT2D eigenvalue weighted by molar-refractivity contribution is 5.89. The number of ether oxygens (including phenoxy) is 1. The first-order valence-corrected chi connectivity index (χ1v) is 11.8. The van der Waals surface area contributed by atoms with Crippen LogP contribution in [0.5, 0.6) is 0 Å². The zero-order chi connectivity index (χ0) is 24.0. The third-order valence-electron chi connectivity index (χ3n) is 7.38. The molecule has 1 N–H and O–H groups in total. The van der Waals surface area contributed by atoms with Crippen molar-refractivity contribution in [2.75, 3.05) is 44.7 Å². The van der Waals surface area contributed by atoms with E-state index in [1.165, 1.54) is 0 Å².